The molecule has 0 saturated carbocycles. The predicted molar refractivity (Wildman–Crippen MR) is 50.5 cm³/mol. The number of hydrogen-bond donors (Lipinski definition) is 1. The molecule has 0 aliphatic rings. The maximum Gasteiger partial charge on any atom is 0.251 e. The van der Waals surface area contributed by atoms with Gasteiger partial charge in [-0.1, -0.05) is 0 Å². The smallest absolute Gasteiger partial charge is 0.251 e. The molecule has 0 amide bonds. The van der Waals surface area contributed by atoms with E-state index in [9.17, 15) is 8.78 Å². The van der Waals surface area contributed by atoms with Crippen LogP contribution in [0.4, 0.5) is 8.78 Å². The molecular weight excluding hydrogens is 210 g/mol. The average molecular weight is 222 g/mol. The molecule has 0 aliphatic heterocycles. The quantitative estimate of drug-likeness (QED) is 0.785. The largest absolute Gasteiger partial charge is 0.395 e. The Morgan fingerprint density at radius 3 is 2.86 bits per heavy atom. The average Bonchev–Trinajstić information content (AvgIpc) is 2.56. The number of halogens is 2. The monoisotopic (exact) mass is 222 g/mol. The molecule has 0 fully saturated rings. The number of aliphatic hydroxyl groups excluding tert-OH is 1. The van der Waals surface area contributed by atoms with Gasteiger partial charge in [0, 0.05) is 18.1 Å². The molecule has 0 unspecified atom stereocenters. The van der Waals surface area contributed by atoms with Crippen molar-refractivity contribution in [2.75, 3.05) is 19.7 Å². The van der Waals surface area contributed by atoms with E-state index in [1.54, 1.807) is 11.6 Å². The van der Waals surface area contributed by atoms with Gasteiger partial charge in [0.05, 0.1) is 19.7 Å². The Kier molecular flexibility index (Phi) is 4.92. The van der Waals surface area contributed by atoms with Gasteiger partial charge in [0.15, 0.2) is 0 Å². The molecule has 0 spiro atoms. The highest BCUT2D eigenvalue weighted by molar-refractivity contribution is 7.09. The van der Waals surface area contributed by atoms with Gasteiger partial charge >= 0.3 is 0 Å². The number of nitrogens with zero attached hydrogens (tertiary/aromatic N) is 2. The zero-order valence-electron chi connectivity index (χ0n) is 7.57. The summed E-state index contributed by atoms with van der Waals surface area (Å²) in [7, 11) is 0. The highest BCUT2D eigenvalue weighted by atomic mass is 32.1. The van der Waals surface area contributed by atoms with E-state index < -0.39 is 6.43 Å². The lowest BCUT2D eigenvalue weighted by Crippen LogP contribution is -2.31. The van der Waals surface area contributed by atoms with Gasteiger partial charge in [0.1, 0.15) is 5.01 Å². The first-order valence-electron chi connectivity index (χ1n) is 4.22. The van der Waals surface area contributed by atoms with Gasteiger partial charge in [-0.25, -0.2) is 13.8 Å². The molecular formula is C8H12F2N2OS. The van der Waals surface area contributed by atoms with Crippen molar-refractivity contribution in [1.29, 1.82) is 0 Å². The van der Waals surface area contributed by atoms with Gasteiger partial charge in [-0.3, -0.25) is 4.90 Å². The summed E-state index contributed by atoms with van der Waals surface area (Å²) in [5.74, 6) is 0. The van der Waals surface area contributed by atoms with E-state index in [0.29, 0.717) is 6.54 Å². The van der Waals surface area contributed by atoms with Crippen molar-refractivity contribution in [2.45, 2.75) is 13.0 Å². The van der Waals surface area contributed by atoms with Crippen LogP contribution in [0.2, 0.25) is 0 Å². The van der Waals surface area contributed by atoms with Crippen LogP contribution in [0, 0.1) is 0 Å². The van der Waals surface area contributed by atoms with Gasteiger partial charge in [0.25, 0.3) is 6.43 Å². The van der Waals surface area contributed by atoms with Crippen molar-refractivity contribution in [3.8, 4) is 0 Å². The third-order valence-electron chi connectivity index (χ3n) is 1.65. The van der Waals surface area contributed by atoms with Crippen LogP contribution in [0.3, 0.4) is 0 Å². The third-order valence-corrected chi connectivity index (χ3v) is 2.42. The van der Waals surface area contributed by atoms with E-state index in [4.69, 9.17) is 5.11 Å². The van der Waals surface area contributed by atoms with Crippen LogP contribution >= 0.6 is 11.3 Å². The summed E-state index contributed by atoms with van der Waals surface area (Å²) < 4.78 is 24.2. The second-order valence-electron chi connectivity index (χ2n) is 2.78. The normalized spacial score (nSPS) is 11.5. The van der Waals surface area contributed by atoms with Crippen molar-refractivity contribution in [2.24, 2.45) is 0 Å². The van der Waals surface area contributed by atoms with Gasteiger partial charge in [-0.2, -0.15) is 0 Å². The summed E-state index contributed by atoms with van der Waals surface area (Å²) in [6.45, 7) is 0.199. The molecule has 1 aromatic rings. The lowest BCUT2D eigenvalue weighted by molar-refractivity contribution is 0.0746. The van der Waals surface area contributed by atoms with E-state index in [1.165, 1.54) is 16.2 Å². The zero-order valence-corrected chi connectivity index (χ0v) is 8.38. The Bertz CT molecular complexity index is 243. The zero-order chi connectivity index (χ0) is 10.4. The summed E-state index contributed by atoms with van der Waals surface area (Å²) in [5, 5.41) is 11.3. The number of hydrogen-bond acceptors (Lipinski definition) is 4. The molecule has 0 bridgehead atoms. The van der Waals surface area contributed by atoms with Crippen LogP contribution < -0.4 is 0 Å². The Balaban J connectivity index is 2.42. The molecule has 6 heteroatoms. The van der Waals surface area contributed by atoms with Crippen molar-refractivity contribution in [3.63, 3.8) is 0 Å². The Labute approximate surface area is 85.0 Å². The first-order valence-corrected chi connectivity index (χ1v) is 5.10. The molecule has 1 heterocycles. The molecule has 0 radical (unpaired) electrons. The van der Waals surface area contributed by atoms with Gasteiger partial charge in [-0.15, -0.1) is 11.3 Å². The number of alkyl halides is 2. The molecule has 1 rings (SSSR count). The Morgan fingerprint density at radius 1 is 1.57 bits per heavy atom. The minimum Gasteiger partial charge on any atom is -0.395 e. The summed E-state index contributed by atoms with van der Waals surface area (Å²) in [6, 6.07) is 0. The second kappa shape index (κ2) is 6.00. The molecule has 3 nitrogen and oxygen atoms in total. The highest BCUT2D eigenvalue weighted by Crippen LogP contribution is 2.09. The molecule has 0 saturated heterocycles. The van der Waals surface area contributed by atoms with E-state index in [0.717, 1.165) is 5.01 Å². The molecule has 1 N–H and O–H groups in total. The van der Waals surface area contributed by atoms with Gasteiger partial charge in [0.2, 0.25) is 0 Å². The third kappa shape index (κ3) is 4.08. The molecule has 1 aromatic heterocycles. The SMILES string of the molecule is OCCN(Cc1nccs1)CC(F)F. The lowest BCUT2D eigenvalue weighted by atomic mass is 10.4. The van der Waals surface area contributed by atoms with Gasteiger partial charge in [-0.05, 0) is 0 Å². The van der Waals surface area contributed by atoms with Crippen LogP contribution in [-0.2, 0) is 6.54 Å². The standard InChI is InChI=1S/C8H12F2N2OS/c9-7(10)5-12(2-3-13)6-8-11-1-4-14-8/h1,4,7,13H,2-3,5-6H2. The Morgan fingerprint density at radius 2 is 2.36 bits per heavy atom. The second-order valence-corrected chi connectivity index (χ2v) is 3.75. The number of thiazole rings is 1. The van der Waals surface area contributed by atoms with E-state index in [2.05, 4.69) is 4.98 Å². The first-order chi connectivity index (χ1) is 6.72. The van der Waals surface area contributed by atoms with Crippen LogP contribution in [-0.4, -0.2) is 41.1 Å². The maximum absolute atomic E-state index is 12.1. The minimum atomic E-state index is -2.37. The van der Waals surface area contributed by atoms with E-state index in [1.807, 2.05) is 0 Å². The molecule has 0 atom stereocenters. The maximum atomic E-state index is 12.1. The number of aliphatic hydroxyl groups is 1. The molecule has 0 aliphatic carbocycles. The highest BCUT2D eigenvalue weighted by Gasteiger charge is 2.12. The lowest BCUT2D eigenvalue weighted by Gasteiger charge is -2.18. The first kappa shape index (κ1) is 11.5. The van der Waals surface area contributed by atoms with Crippen LogP contribution in [0.5, 0.6) is 0 Å². The fraction of sp³-hybridized carbons (Fsp3) is 0.625. The fourth-order valence-electron chi connectivity index (χ4n) is 1.09. The van der Waals surface area contributed by atoms with E-state index >= 15 is 0 Å². The summed E-state index contributed by atoms with van der Waals surface area (Å²) in [6.07, 6.45) is -0.735. The van der Waals surface area contributed by atoms with Crippen LogP contribution in [0.1, 0.15) is 5.01 Å². The topological polar surface area (TPSA) is 36.4 Å². The van der Waals surface area contributed by atoms with Crippen molar-refractivity contribution in [3.05, 3.63) is 16.6 Å². The van der Waals surface area contributed by atoms with Crippen LogP contribution in [0.15, 0.2) is 11.6 Å². The molecule has 14 heavy (non-hydrogen) atoms. The van der Waals surface area contributed by atoms with E-state index in [-0.39, 0.29) is 19.7 Å². The van der Waals surface area contributed by atoms with Gasteiger partial charge < -0.3 is 5.11 Å². The Hall–Kier alpha value is -0.590. The molecule has 0 aromatic carbocycles. The minimum absolute atomic E-state index is 0.113. The summed E-state index contributed by atoms with van der Waals surface area (Å²) in [5.41, 5.74) is 0. The number of rotatable bonds is 6. The fourth-order valence-corrected chi connectivity index (χ4v) is 1.75. The number of aromatic nitrogens is 1. The van der Waals surface area contributed by atoms with Crippen LogP contribution in [0.25, 0.3) is 0 Å². The summed E-state index contributed by atoms with van der Waals surface area (Å²) in [4.78, 5) is 5.49. The van der Waals surface area contributed by atoms with Crippen molar-refractivity contribution < 1.29 is 13.9 Å². The predicted octanol–water partition coefficient (Wildman–Crippen LogP) is 1.20. The summed E-state index contributed by atoms with van der Waals surface area (Å²) >= 11 is 1.42. The molecule has 80 valence electrons. The van der Waals surface area contributed by atoms with Crippen molar-refractivity contribution in [1.82, 2.24) is 9.88 Å². The van der Waals surface area contributed by atoms with Crippen molar-refractivity contribution >= 4 is 11.3 Å².